The Kier molecular flexibility index (Phi) is 5.75. The molecule has 0 fully saturated rings. The molecule has 1 atom stereocenters. The van der Waals surface area contributed by atoms with E-state index < -0.39 is 0 Å². The summed E-state index contributed by atoms with van der Waals surface area (Å²) >= 11 is 0. The lowest BCUT2D eigenvalue weighted by atomic mass is 9.96. The molecule has 1 N–H and O–H groups in total. The molecule has 1 heterocycles. The highest BCUT2D eigenvalue weighted by atomic mass is 16.2. The highest BCUT2D eigenvalue weighted by molar-refractivity contribution is 5.95. The topological polar surface area (TPSA) is 46.9 Å². The van der Waals surface area contributed by atoms with Crippen LogP contribution >= 0.6 is 0 Å². The van der Waals surface area contributed by atoms with Gasteiger partial charge in [-0.05, 0) is 31.0 Å². The molecule has 4 nitrogen and oxygen atoms in total. The van der Waals surface area contributed by atoms with E-state index in [-0.39, 0.29) is 11.8 Å². The molecule has 3 aromatic carbocycles. The molecular formula is C26H25N3O. The number of rotatable bonds is 6. The van der Waals surface area contributed by atoms with Crippen molar-refractivity contribution in [2.45, 2.75) is 26.2 Å². The van der Waals surface area contributed by atoms with E-state index in [1.54, 1.807) is 4.68 Å². The van der Waals surface area contributed by atoms with Gasteiger partial charge < -0.3 is 5.32 Å². The average Bonchev–Trinajstić information content (AvgIpc) is 3.20. The number of nitrogens with zero attached hydrogens (tertiary/aromatic N) is 2. The number of benzene rings is 3. The number of carbonyl (C=O) groups is 1. The Morgan fingerprint density at radius 3 is 2.20 bits per heavy atom. The number of aryl methyl sites for hydroxylation is 1. The minimum atomic E-state index is -0.215. The van der Waals surface area contributed by atoms with Crippen LogP contribution in [0.4, 0.5) is 5.82 Å². The summed E-state index contributed by atoms with van der Waals surface area (Å²) < 4.78 is 1.80. The van der Waals surface area contributed by atoms with Gasteiger partial charge >= 0.3 is 0 Å². The van der Waals surface area contributed by atoms with Crippen LogP contribution in [0, 0.1) is 6.92 Å². The summed E-state index contributed by atoms with van der Waals surface area (Å²) in [7, 11) is 0. The van der Waals surface area contributed by atoms with Crippen molar-refractivity contribution >= 4 is 11.7 Å². The molecule has 0 bridgehead atoms. The van der Waals surface area contributed by atoms with E-state index in [9.17, 15) is 4.79 Å². The van der Waals surface area contributed by atoms with Gasteiger partial charge in [-0.15, -0.1) is 0 Å². The average molecular weight is 396 g/mol. The number of hydrogen-bond donors (Lipinski definition) is 1. The fourth-order valence-corrected chi connectivity index (χ4v) is 3.57. The van der Waals surface area contributed by atoms with Crippen molar-refractivity contribution in [3.05, 3.63) is 102 Å². The smallest absolute Gasteiger partial charge is 0.233 e. The van der Waals surface area contributed by atoms with E-state index in [1.165, 1.54) is 5.56 Å². The minimum absolute atomic E-state index is 0.0313. The molecule has 150 valence electrons. The van der Waals surface area contributed by atoms with Gasteiger partial charge in [0.1, 0.15) is 5.82 Å². The second-order valence-electron chi connectivity index (χ2n) is 7.39. The molecule has 1 aromatic heterocycles. The van der Waals surface area contributed by atoms with Crippen LogP contribution in [0.2, 0.25) is 0 Å². The number of nitrogens with one attached hydrogen (secondary N) is 1. The molecule has 1 amide bonds. The van der Waals surface area contributed by atoms with Crippen molar-refractivity contribution < 1.29 is 4.79 Å². The molecule has 1 unspecified atom stereocenters. The highest BCUT2D eigenvalue weighted by Gasteiger charge is 2.21. The van der Waals surface area contributed by atoms with Crippen LogP contribution in [0.25, 0.3) is 16.9 Å². The van der Waals surface area contributed by atoms with Crippen LogP contribution < -0.4 is 5.32 Å². The van der Waals surface area contributed by atoms with Crippen molar-refractivity contribution in [2.24, 2.45) is 0 Å². The van der Waals surface area contributed by atoms with E-state index in [2.05, 4.69) is 36.5 Å². The van der Waals surface area contributed by atoms with Crippen molar-refractivity contribution in [1.29, 1.82) is 0 Å². The lowest BCUT2D eigenvalue weighted by Crippen LogP contribution is -2.22. The summed E-state index contributed by atoms with van der Waals surface area (Å²) in [4.78, 5) is 13.2. The number of para-hydroxylation sites is 1. The van der Waals surface area contributed by atoms with Crippen molar-refractivity contribution in [1.82, 2.24) is 9.78 Å². The molecule has 0 aliphatic rings. The fourth-order valence-electron chi connectivity index (χ4n) is 3.57. The van der Waals surface area contributed by atoms with Crippen LogP contribution in [0.3, 0.4) is 0 Å². The molecule has 4 aromatic rings. The van der Waals surface area contributed by atoms with Gasteiger partial charge in [0.25, 0.3) is 0 Å². The summed E-state index contributed by atoms with van der Waals surface area (Å²) in [6.45, 7) is 4.09. The lowest BCUT2D eigenvalue weighted by molar-refractivity contribution is -0.117. The number of carbonyl (C=O) groups excluding carboxylic acids is 1. The van der Waals surface area contributed by atoms with Gasteiger partial charge in [0.05, 0.1) is 17.3 Å². The quantitative estimate of drug-likeness (QED) is 0.436. The Hall–Kier alpha value is -3.66. The largest absolute Gasteiger partial charge is 0.310 e. The van der Waals surface area contributed by atoms with Gasteiger partial charge in [-0.3, -0.25) is 4.79 Å². The fraction of sp³-hybridized carbons (Fsp3) is 0.154. The Morgan fingerprint density at radius 2 is 1.57 bits per heavy atom. The second kappa shape index (κ2) is 8.78. The van der Waals surface area contributed by atoms with Gasteiger partial charge in [0.2, 0.25) is 5.91 Å². The number of aromatic nitrogens is 2. The third-order valence-corrected chi connectivity index (χ3v) is 5.24. The molecule has 4 heteroatoms. The zero-order valence-corrected chi connectivity index (χ0v) is 17.2. The van der Waals surface area contributed by atoms with Crippen molar-refractivity contribution in [3.63, 3.8) is 0 Å². The van der Waals surface area contributed by atoms with Crippen molar-refractivity contribution in [2.75, 3.05) is 5.32 Å². The first-order chi connectivity index (χ1) is 14.7. The first kappa shape index (κ1) is 19.6. The van der Waals surface area contributed by atoms with Gasteiger partial charge in [0.15, 0.2) is 0 Å². The van der Waals surface area contributed by atoms with Gasteiger partial charge in [0, 0.05) is 11.6 Å². The number of anilines is 1. The summed E-state index contributed by atoms with van der Waals surface area (Å²) in [6.07, 6.45) is 0.722. The Labute approximate surface area is 177 Å². The summed E-state index contributed by atoms with van der Waals surface area (Å²) in [5.74, 6) is 0.417. The molecule has 0 radical (unpaired) electrons. The van der Waals surface area contributed by atoms with E-state index >= 15 is 0 Å². The summed E-state index contributed by atoms with van der Waals surface area (Å²) in [5.41, 5.74) is 4.95. The predicted molar refractivity (Wildman–Crippen MR) is 122 cm³/mol. The van der Waals surface area contributed by atoms with E-state index in [1.807, 2.05) is 73.7 Å². The first-order valence-electron chi connectivity index (χ1n) is 10.2. The lowest BCUT2D eigenvalue weighted by Gasteiger charge is -2.16. The van der Waals surface area contributed by atoms with E-state index in [0.29, 0.717) is 5.82 Å². The SMILES string of the molecule is CCC(C(=O)Nc1cc(-c2ccc(C)cc2)nn1-c1ccccc1)c1ccccc1. The minimum Gasteiger partial charge on any atom is -0.310 e. The van der Waals surface area contributed by atoms with Crippen LogP contribution in [-0.4, -0.2) is 15.7 Å². The Bertz CT molecular complexity index is 1120. The van der Waals surface area contributed by atoms with Gasteiger partial charge in [-0.25, -0.2) is 4.68 Å². The Balaban J connectivity index is 1.70. The molecule has 0 saturated heterocycles. The van der Waals surface area contributed by atoms with Gasteiger partial charge in [-0.2, -0.15) is 5.10 Å². The summed E-state index contributed by atoms with van der Waals surface area (Å²) in [5, 5.41) is 7.91. The maximum Gasteiger partial charge on any atom is 0.233 e. The highest BCUT2D eigenvalue weighted by Crippen LogP contribution is 2.27. The predicted octanol–water partition coefficient (Wildman–Crippen LogP) is 5.98. The van der Waals surface area contributed by atoms with Crippen LogP contribution in [0.1, 0.15) is 30.4 Å². The Morgan fingerprint density at radius 1 is 0.933 bits per heavy atom. The standard InChI is InChI=1S/C26H25N3O/c1-3-23(20-10-6-4-7-11-20)26(30)27-25-18-24(21-16-14-19(2)15-17-21)28-29(25)22-12-8-5-9-13-22/h4-18,23H,3H2,1-2H3,(H,27,30). The van der Waals surface area contributed by atoms with Crippen molar-refractivity contribution in [3.8, 4) is 16.9 Å². The third kappa shape index (κ3) is 4.18. The maximum atomic E-state index is 13.2. The third-order valence-electron chi connectivity index (χ3n) is 5.24. The molecular weight excluding hydrogens is 370 g/mol. The molecule has 0 spiro atoms. The molecule has 4 rings (SSSR count). The molecule has 0 saturated carbocycles. The molecule has 30 heavy (non-hydrogen) atoms. The maximum absolute atomic E-state index is 13.2. The van der Waals surface area contributed by atoms with Crippen LogP contribution in [0.5, 0.6) is 0 Å². The first-order valence-corrected chi connectivity index (χ1v) is 10.2. The normalized spacial score (nSPS) is 11.8. The number of hydrogen-bond acceptors (Lipinski definition) is 2. The molecule has 0 aliphatic heterocycles. The van der Waals surface area contributed by atoms with E-state index in [0.717, 1.165) is 28.9 Å². The summed E-state index contributed by atoms with van der Waals surface area (Å²) in [6, 6.07) is 29.9. The van der Waals surface area contributed by atoms with E-state index in [4.69, 9.17) is 5.10 Å². The zero-order valence-electron chi connectivity index (χ0n) is 17.2. The number of amides is 1. The zero-order chi connectivity index (χ0) is 20.9. The van der Waals surface area contributed by atoms with Crippen LogP contribution in [-0.2, 0) is 4.79 Å². The second-order valence-corrected chi connectivity index (χ2v) is 7.39. The van der Waals surface area contributed by atoms with Crippen LogP contribution in [0.15, 0.2) is 91.0 Å². The molecule has 0 aliphatic carbocycles. The van der Waals surface area contributed by atoms with Gasteiger partial charge in [-0.1, -0.05) is 85.3 Å². The monoisotopic (exact) mass is 395 g/mol.